The lowest BCUT2D eigenvalue weighted by molar-refractivity contribution is 0.955. The van der Waals surface area contributed by atoms with Crippen LogP contribution >= 0.6 is 51.5 Å². The van der Waals surface area contributed by atoms with Gasteiger partial charge in [-0.1, -0.05) is 53.5 Å². The highest BCUT2D eigenvalue weighted by atomic mass is 79.9. The zero-order valence-corrected chi connectivity index (χ0v) is 16.0. The monoisotopic (exact) mass is 426 g/mol. The van der Waals surface area contributed by atoms with Crippen LogP contribution in [0.15, 0.2) is 42.5 Å². The number of nitrogens with zero attached hydrogens (tertiary/aromatic N) is 1. The molecule has 118 valence electrons. The third kappa shape index (κ3) is 3.13. The molecular formula is C17H13BrCl2N2S. The Kier molecular flexibility index (Phi) is 4.97. The summed E-state index contributed by atoms with van der Waals surface area (Å²) in [5.74, 6) is 0. The molecule has 0 bridgehead atoms. The molecule has 0 fully saturated rings. The Hall–Kier alpha value is -1.07. The fourth-order valence-corrected chi connectivity index (χ4v) is 4.20. The van der Waals surface area contributed by atoms with E-state index in [4.69, 9.17) is 28.2 Å². The molecule has 0 aliphatic heterocycles. The van der Waals surface area contributed by atoms with E-state index in [0.717, 1.165) is 23.7 Å². The fraction of sp³-hybridized carbons (Fsp3) is 0.118. The van der Waals surface area contributed by atoms with Crippen molar-refractivity contribution in [1.82, 2.24) is 4.98 Å². The molecule has 0 spiro atoms. The SMILES string of the molecule is Br.Clc1cccc(Cl)c1Nc1nc2c(s1)CCc1ccccc1-2. The Morgan fingerprint density at radius 2 is 1.70 bits per heavy atom. The molecular weight excluding hydrogens is 415 g/mol. The maximum Gasteiger partial charge on any atom is 0.188 e. The molecule has 0 amide bonds. The van der Waals surface area contributed by atoms with Crippen LogP contribution in [-0.4, -0.2) is 4.98 Å². The van der Waals surface area contributed by atoms with Crippen LogP contribution in [-0.2, 0) is 12.8 Å². The second-order valence-electron chi connectivity index (χ2n) is 5.17. The number of fused-ring (bicyclic) bond motifs is 3. The first-order valence-corrected chi connectivity index (χ1v) is 8.58. The van der Waals surface area contributed by atoms with Crippen molar-refractivity contribution in [3.63, 3.8) is 0 Å². The second kappa shape index (κ2) is 6.81. The summed E-state index contributed by atoms with van der Waals surface area (Å²) < 4.78 is 0. The first kappa shape index (κ1) is 16.8. The fourth-order valence-electron chi connectivity index (χ4n) is 2.73. The number of aryl methyl sites for hydroxylation is 2. The molecule has 3 aromatic rings. The number of aromatic nitrogens is 1. The predicted molar refractivity (Wildman–Crippen MR) is 105 cm³/mol. The van der Waals surface area contributed by atoms with Gasteiger partial charge in [-0.25, -0.2) is 4.98 Å². The normalized spacial score (nSPS) is 12.1. The van der Waals surface area contributed by atoms with Gasteiger partial charge in [0.25, 0.3) is 0 Å². The van der Waals surface area contributed by atoms with Gasteiger partial charge < -0.3 is 5.32 Å². The summed E-state index contributed by atoms with van der Waals surface area (Å²) in [5.41, 5.74) is 4.39. The van der Waals surface area contributed by atoms with E-state index in [-0.39, 0.29) is 17.0 Å². The van der Waals surface area contributed by atoms with Gasteiger partial charge in [-0.2, -0.15) is 0 Å². The van der Waals surface area contributed by atoms with Crippen LogP contribution in [0, 0.1) is 0 Å². The summed E-state index contributed by atoms with van der Waals surface area (Å²) in [5, 5.41) is 5.30. The zero-order valence-electron chi connectivity index (χ0n) is 12.0. The number of nitrogens with one attached hydrogen (secondary N) is 1. The molecule has 0 unspecified atom stereocenters. The maximum absolute atomic E-state index is 6.22. The molecule has 1 N–H and O–H groups in total. The van der Waals surface area contributed by atoms with Crippen LogP contribution in [0.4, 0.5) is 10.8 Å². The summed E-state index contributed by atoms with van der Waals surface area (Å²) in [7, 11) is 0. The van der Waals surface area contributed by atoms with E-state index < -0.39 is 0 Å². The van der Waals surface area contributed by atoms with E-state index in [2.05, 4.69) is 29.6 Å². The van der Waals surface area contributed by atoms with Crippen LogP contribution in [0.2, 0.25) is 10.0 Å². The van der Waals surface area contributed by atoms with Crippen molar-refractivity contribution in [1.29, 1.82) is 0 Å². The Balaban J connectivity index is 0.00000156. The van der Waals surface area contributed by atoms with Gasteiger partial charge in [0.1, 0.15) is 0 Å². The predicted octanol–water partition coefficient (Wildman–Crippen LogP) is 6.54. The number of rotatable bonds is 2. The van der Waals surface area contributed by atoms with Crippen molar-refractivity contribution < 1.29 is 0 Å². The third-order valence-electron chi connectivity index (χ3n) is 3.79. The van der Waals surface area contributed by atoms with Crippen molar-refractivity contribution in [3.05, 3.63) is 63.0 Å². The summed E-state index contributed by atoms with van der Waals surface area (Å²) in [6.45, 7) is 0. The van der Waals surface area contributed by atoms with E-state index in [0.29, 0.717) is 15.7 Å². The molecule has 0 saturated heterocycles. The van der Waals surface area contributed by atoms with Gasteiger partial charge in [0.05, 0.1) is 21.4 Å². The van der Waals surface area contributed by atoms with Gasteiger partial charge in [0.15, 0.2) is 5.13 Å². The summed E-state index contributed by atoms with van der Waals surface area (Å²) in [6, 6.07) is 13.9. The lowest BCUT2D eigenvalue weighted by Gasteiger charge is -2.13. The van der Waals surface area contributed by atoms with Crippen molar-refractivity contribution in [2.45, 2.75) is 12.8 Å². The highest BCUT2D eigenvalue weighted by Gasteiger charge is 2.21. The number of para-hydroxylation sites is 1. The zero-order chi connectivity index (χ0) is 15.1. The molecule has 23 heavy (non-hydrogen) atoms. The third-order valence-corrected chi connectivity index (χ3v) is 5.45. The van der Waals surface area contributed by atoms with Crippen LogP contribution in [0.25, 0.3) is 11.3 Å². The van der Waals surface area contributed by atoms with Gasteiger partial charge in [-0.15, -0.1) is 28.3 Å². The molecule has 6 heteroatoms. The average molecular weight is 428 g/mol. The summed E-state index contributed by atoms with van der Waals surface area (Å²) in [6.07, 6.45) is 2.10. The summed E-state index contributed by atoms with van der Waals surface area (Å²) >= 11 is 14.1. The molecule has 1 aromatic heterocycles. The quantitative estimate of drug-likeness (QED) is 0.502. The highest BCUT2D eigenvalue weighted by molar-refractivity contribution is 8.93. The van der Waals surface area contributed by atoms with E-state index >= 15 is 0 Å². The Labute approximate surface area is 159 Å². The smallest absolute Gasteiger partial charge is 0.188 e. The van der Waals surface area contributed by atoms with E-state index in [9.17, 15) is 0 Å². The highest BCUT2D eigenvalue weighted by Crippen LogP contribution is 2.40. The van der Waals surface area contributed by atoms with Crippen LogP contribution in [0.1, 0.15) is 10.4 Å². The van der Waals surface area contributed by atoms with Gasteiger partial charge in [-0.05, 0) is 30.5 Å². The lowest BCUT2D eigenvalue weighted by Crippen LogP contribution is -2.01. The number of thiazole rings is 1. The average Bonchev–Trinajstić information content (AvgIpc) is 2.94. The lowest BCUT2D eigenvalue weighted by atomic mass is 9.94. The number of hydrogen-bond acceptors (Lipinski definition) is 3. The molecule has 1 heterocycles. The first-order chi connectivity index (χ1) is 10.7. The molecule has 4 rings (SSSR count). The maximum atomic E-state index is 6.22. The van der Waals surface area contributed by atoms with Crippen LogP contribution in [0.5, 0.6) is 0 Å². The van der Waals surface area contributed by atoms with E-state index in [1.165, 1.54) is 16.0 Å². The molecule has 0 atom stereocenters. The van der Waals surface area contributed by atoms with Crippen LogP contribution < -0.4 is 5.32 Å². The van der Waals surface area contributed by atoms with Crippen molar-refractivity contribution >= 4 is 62.3 Å². The van der Waals surface area contributed by atoms with Crippen LogP contribution in [0.3, 0.4) is 0 Å². The van der Waals surface area contributed by atoms with Crippen molar-refractivity contribution in [2.24, 2.45) is 0 Å². The Morgan fingerprint density at radius 3 is 2.48 bits per heavy atom. The van der Waals surface area contributed by atoms with Gasteiger partial charge in [-0.3, -0.25) is 0 Å². The minimum atomic E-state index is 0. The topological polar surface area (TPSA) is 24.9 Å². The Morgan fingerprint density at radius 1 is 0.957 bits per heavy atom. The molecule has 1 aliphatic carbocycles. The molecule has 0 radical (unpaired) electrons. The molecule has 1 aliphatic rings. The number of anilines is 2. The number of hydrogen-bond donors (Lipinski definition) is 1. The molecule has 2 nitrogen and oxygen atoms in total. The Bertz CT molecular complexity index is 843. The van der Waals surface area contributed by atoms with Crippen molar-refractivity contribution in [3.8, 4) is 11.3 Å². The van der Waals surface area contributed by atoms with E-state index in [1.807, 2.05) is 18.2 Å². The largest absolute Gasteiger partial charge is 0.329 e. The molecule has 2 aromatic carbocycles. The number of benzene rings is 2. The second-order valence-corrected chi connectivity index (χ2v) is 7.07. The van der Waals surface area contributed by atoms with E-state index in [1.54, 1.807) is 11.3 Å². The van der Waals surface area contributed by atoms with Crippen molar-refractivity contribution in [2.75, 3.05) is 5.32 Å². The minimum absolute atomic E-state index is 0. The van der Waals surface area contributed by atoms with Gasteiger partial charge >= 0.3 is 0 Å². The minimum Gasteiger partial charge on any atom is -0.329 e. The van der Waals surface area contributed by atoms with Gasteiger partial charge in [0, 0.05) is 10.4 Å². The molecule has 0 saturated carbocycles. The standard InChI is InChI=1S/C17H12Cl2N2S.BrH/c18-12-6-3-7-13(19)16(12)21-17-20-15-11-5-2-1-4-10(11)8-9-14(15)22-17;/h1-7H,8-9H2,(H,20,21);1H. The summed E-state index contributed by atoms with van der Waals surface area (Å²) in [4.78, 5) is 6.07. The number of halogens is 3. The first-order valence-electron chi connectivity index (χ1n) is 7.01. The van der Waals surface area contributed by atoms with Gasteiger partial charge in [0.2, 0.25) is 0 Å².